The van der Waals surface area contributed by atoms with Crippen LogP contribution in [0.25, 0.3) is 0 Å². The summed E-state index contributed by atoms with van der Waals surface area (Å²) < 4.78 is 0. The number of hydrogen-bond acceptors (Lipinski definition) is 8. The van der Waals surface area contributed by atoms with E-state index in [-0.39, 0.29) is 5.75 Å². The zero-order valence-corrected chi connectivity index (χ0v) is 8.25. The van der Waals surface area contributed by atoms with Crippen molar-refractivity contribution in [1.82, 2.24) is 0 Å². The lowest BCUT2D eigenvalue weighted by Crippen LogP contribution is -2.26. The van der Waals surface area contributed by atoms with Gasteiger partial charge in [0.1, 0.15) is 0 Å². The number of nitrogens with zero attached hydrogens (tertiary/aromatic N) is 4. The summed E-state index contributed by atoms with van der Waals surface area (Å²) in [5, 5.41) is 11.3. The Morgan fingerprint density at radius 1 is 1.33 bits per heavy atom. The highest BCUT2D eigenvalue weighted by Gasteiger charge is 2.21. The van der Waals surface area contributed by atoms with Crippen LogP contribution in [0, 0.1) is 0 Å². The SMILES string of the molecule is NN=NC(=O)SC[C@H](N=NN)C(=O)ON. The van der Waals surface area contributed by atoms with E-state index in [1.54, 1.807) is 0 Å². The van der Waals surface area contributed by atoms with Gasteiger partial charge < -0.3 is 16.5 Å². The van der Waals surface area contributed by atoms with Gasteiger partial charge in [-0.05, 0) is 0 Å². The molecular weight excluding hydrogens is 226 g/mol. The molecule has 84 valence electrons. The van der Waals surface area contributed by atoms with Crippen LogP contribution in [0.5, 0.6) is 0 Å². The van der Waals surface area contributed by atoms with Crippen molar-refractivity contribution >= 4 is 23.0 Å². The summed E-state index contributed by atoms with van der Waals surface area (Å²) in [4.78, 5) is 25.6. The van der Waals surface area contributed by atoms with Gasteiger partial charge in [0.15, 0.2) is 6.04 Å². The lowest BCUT2D eigenvalue weighted by molar-refractivity contribution is -0.145. The van der Waals surface area contributed by atoms with E-state index in [4.69, 9.17) is 5.84 Å². The molecule has 0 saturated heterocycles. The molecule has 0 aliphatic heterocycles. The van der Waals surface area contributed by atoms with E-state index in [1.807, 2.05) is 0 Å². The first kappa shape index (κ1) is 13.2. The molecule has 0 aliphatic rings. The lowest BCUT2D eigenvalue weighted by Gasteiger charge is -2.04. The van der Waals surface area contributed by atoms with Crippen LogP contribution in [0.2, 0.25) is 0 Å². The van der Waals surface area contributed by atoms with Crippen molar-refractivity contribution < 1.29 is 14.4 Å². The monoisotopic (exact) mass is 235 g/mol. The van der Waals surface area contributed by atoms with Crippen LogP contribution >= 0.6 is 11.8 Å². The molecule has 0 aromatic rings. The summed E-state index contributed by atoms with van der Waals surface area (Å²) in [7, 11) is 0. The Labute approximate surface area is 88.2 Å². The van der Waals surface area contributed by atoms with Crippen molar-refractivity contribution in [3.63, 3.8) is 0 Å². The number of nitrogens with two attached hydrogens (primary N) is 3. The maximum Gasteiger partial charge on any atom is 0.352 e. The van der Waals surface area contributed by atoms with Gasteiger partial charge in [0.25, 0.3) is 0 Å². The van der Waals surface area contributed by atoms with Crippen molar-refractivity contribution in [2.45, 2.75) is 6.04 Å². The van der Waals surface area contributed by atoms with Crippen molar-refractivity contribution in [3.05, 3.63) is 0 Å². The summed E-state index contributed by atoms with van der Waals surface area (Å²) in [5.41, 5.74) is 0. The molecule has 0 saturated carbocycles. The molecule has 11 heteroatoms. The van der Waals surface area contributed by atoms with Gasteiger partial charge in [0, 0.05) is 5.75 Å². The predicted molar refractivity (Wildman–Crippen MR) is 50.0 cm³/mol. The standard InChI is InChI=1S/C4H9N7O3S/c5-10-8-2(3(12)14-7)1-15-4(13)9-11-6/h2H,1,7H2,(H2,5,8)(H2,6,9,13)/t2-/m0/s1. The Morgan fingerprint density at radius 2 is 2.00 bits per heavy atom. The Morgan fingerprint density at radius 3 is 2.47 bits per heavy atom. The molecule has 6 N–H and O–H groups in total. The van der Waals surface area contributed by atoms with Gasteiger partial charge in [-0.2, -0.15) is 11.0 Å². The molecular formula is C4H9N7O3S. The van der Waals surface area contributed by atoms with Crippen LogP contribution in [0.15, 0.2) is 20.7 Å². The van der Waals surface area contributed by atoms with E-state index in [9.17, 15) is 9.59 Å². The number of amides is 1. The number of carbonyl (C=O) groups excluding carboxylic acids is 2. The van der Waals surface area contributed by atoms with Crippen LogP contribution in [0.3, 0.4) is 0 Å². The minimum atomic E-state index is -1.07. The highest BCUT2D eigenvalue weighted by Crippen LogP contribution is 2.10. The van der Waals surface area contributed by atoms with E-state index in [0.29, 0.717) is 11.8 Å². The van der Waals surface area contributed by atoms with Gasteiger partial charge in [-0.15, -0.1) is 0 Å². The second kappa shape index (κ2) is 7.64. The van der Waals surface area contributed by atoms with Crippen molar-refractivity contribution in [3.8, 4) is 0 Å². The fraction of sp³-hybridized carbons (Fsp3) is 0.500. The third-order valence-corrected chi connectivity index (χ3v) is 1.91. The minimum Gasteiger partial charge on any atom is -0.372 e. The first-order valence-electron chi connectivity index (χ1n) is 3.44. The van der Waals surface area contributed by atoms with E-state index < -0.39 is 17.3 Å². The Hall–Kier alpha value is -1.75. The van der Waals surface area contributed by atoms with Crippen LogP contribution in [0.1, 0.15) is 0 Å². The van der Waals surface area contributed by atoms with Crippen molar-refractivity contribution in [2.75, 3.05) is 5.75 Å². The third-order valence-electron chi connectivity index (χ3n) is 1.10. The van der Waals surface area contributed by atoms with Crippen LogP contribution in [-0.4, -0.2) is 23.0 Å². The van der Waals surface area contributed by atoms with Gasteiger partial charge in [-0.3, -0.25) is 4.79 Å². The number of thioether (sulfide) groups is 1. The zero-order valence-electron chi connectivity index (χ0n) is 7.44. The normalized spacial score (nSPS) is 13.1. The summed E-state index contributed by atoms with van der Waals surface area (Å²) in [5.74, 6) is 13.1. The van der Waals surface area contributed by atoms with E-state index in [1.165, 1.54) is 0 Å². The number of rotatable bonds is 4. The minimum absolute atomic E-state index is 0.0748. The summed E-state index contributed by atoms with van der Waals surface area (Å²) in [6.07, 6.45) is 0. The smallest absolute Gasteiger partial charge is 0.352 e. The predicted octanol–water partition coefficient (Wildman–Crippen LogP) is -0.723. The fourth-order valence-electron chi connectivity index (χ4n) is 0.534. The average Bonchev–Trinajstić information content (AvgIpc) is 2.23. The number of hydrogen-bond donors (Lipinski definition) is 3. The molecule has 0 fully saturated rings. The summed E-state index contributed by atoms with van der Waals surface area (Å²) >= 11 is 0.648. The van der Waals surface area contributed by atoms with E-state index in [2.05, 4.69) is 37.3 Å². The molecule has 0 aromatic carbocycles. The van der Waals surface area contributed by atoms with Crippen LogP contribution in [-0.2, 0) is 9.63 Å². The highest BCUT2D eigenvalue weighted by molar-refractivity contribution is 8.13. The largest absolute Gasteiger partial charge is 0.372 e. The molecule has 1 atom stereocenters. The molecule has 10 nitrogen and oxygen atoms in total. The molecule has 1 amide bonds. The maximum absolute atomic E-state index is 10.9. The lowest BCUT2D eigenvalue weighted by atomic mass is 10.4. The highest BCUT2D eigenvalue weighted by atomic mass is 32.2. The van der Waals surface area contributed by atoms with Gasteiger partial charge in [-0.1, -0.05) is 27.3 Å². The van der Waals surface area contributed by atoms with Crippen molar-refractivity contribution in [2.24, 2.45) is 38.3 Å². The Kier molecular flexibility index (Phi) is 6.74. The van der Waals surface area contributed by atoms with Crippen LogP contribution < -0.4 is 17.6 Å². The van der Waals surface area contributed by atoms with Crippen molar-refractivity contribution in [1.29, 1.82) is 0 Å². The van der Waals surface area contributed by atoms with E-state index >= 15 is 0 Å². The molecule has 15 heavy (non-hydrogen) atoms. The van der Waals surface area contributed by atoms with Crippen LogP contribution in [0.4, 0.5) is 4.79 Å². The molecule has 0 rings (SSSR count). The molecule has 0 bridgehead atoms. The first-order chi connectivity index (χ1) is 7.15. The van der Waals surface area contributed by atoms with Gasteiger partial charge in [0.05, 0.1) is 0 Å². The topological polar surface area (TPSA) is 171 Å². The summed E-state index contributed by atoms with van der Waals surface area (Å²) in [6, 6.07) is -1.07. The van der Waals surface area contributed by atoms with E-state index in [0.717, 1.165) is 0 Å². The average molecular weight is 235 g/mol. The zero-order chi connectivity index (χ0) is 11.7. The first-order valence-corrected chi connectivity index (χ1v) is 4.42. The maximum atomic E-state index is 10.9. The van der Waals surface area contributed by atoms with Gasteiger partial charge in [0.2, 0.25) is 0 Å². The quantitative estimate of drug-likeness (QED) is 0.327. The second-order valence-corrected chi connectivity index (χ2v) is 2.95. The number of carbonyl (C=O) groups is 2. The molecule has 0 aromatic heterocycles. The third kappa shape index (κ3) is 5.53. The second-order valence-electron chi connectivity index (χ2n) is 1.98. The summed E-state index contributed by atoms with van der Waals surface area (Å²) in [6.45, 7) is 0. The molecule has 0 aliphatic carbocycles. The van der Waals surface area contributed by atoms with Gasteiger partial charge >= 0.3 is 11.2 Å². The fourth-order valence-corrected chi connectivity index (χ4v) is 1.14. The van der Waals surface area contributed by atoms with Gasteiger partial charge in [-0.25, -0.2) is 4.79 Å². The molecule has 0 radical (unpaired) electrons. The molecule has 0 heterocycles. The molecule has 0 unspecified atom stereocenters. The Bertz CT molecular complexity index is 279. The Balaban J connectivity index is 4.18. The molecule has 0 spiro atoms.